The fourth-order valence-electron chi connectivity index (χ4n) is 1.85. The first-order valence-electron chi connectivity index (χ1n) is 6.32. The van der Waals surface area contributed by atoms with E-state index in [1.54, 1.807) is 7.11 Å². The molecule has 0 radical (unpaired) electrons. The normalized spacial score (nSPS) is 21.9. The zero-order valence-corrected chi connectivity index (χ0v) is 10.9. The Morgan fingerprint density at radius 2 is 2.00 bits per heavy atom. The molecule has 1 unspecified atom stereocenters. The second-order valence-electron chi connectivity index (χ2n) is 4.42. The van der Waals surface area contributed by atoms with Gasteiger partial charge in [0.25, 0.3) is 0 Å². The van der Waals surface area contributed by atoms with Crippen molar-refractivity contribution in [3.8, 4) is 0 Å². The maximum absolute atomic E-state index is 9.62. The Morgan fingerprint density at radius 3 is 2.61 bits per heavy atom. The van der Waals surface area contributed by atoms with E-state index in [-0.39, 0.29) is 19.3 Å². The molecule has 18 heavy (non-hydrogen) atoms. The molecule has 0 aromatic carbocycles. The Hall–Kier alpha value is -0.690. The second kappa shape index (κ2) is 9.27. The summed E-state index contributed by atoms with van der Waals surface area (Å²) in [6, 6.07) is 0. The molecule has 6 heteroatoms. The molecule has 1 rings (SSSR count). The van der Waals surface area contributed by atoms with Crippen LogP contribution in [0.3, 0.4) is 0 Å². The van der Waals surface area contributed by atoms with E-state index in [0.717, 1.165) is 31.4 Å². The Balaban J connectivity index is 2.02. The molecule has 0 aliphatic heterocycles. The molecule has 0 aromatic rings. The van der Waals surface area contributed by atoms with Gasteiger partial charge < -0.3 is 24.5 Å². The number of ether oxygens (including phenoxy) is 3. The number of oxime groups is 1. The summed E-state index contributed by atoms with van der Waals surface area (Å²) in [7, 11) is 1.61. The maximum atomic E-state index is 9.62. The van der Waals surface area contributed by atoms with Crippen LogP contribution in [0.4, 0.5) is 0 Å². The van der Waals surface area contributed by atoms with Crippen LogP contribution in [-0.4, -0.2) is 61.8 Å². The second-order valence-corrected chi connectivity index (χ2v) is 4.42. The van der Waals surface area contributed by atoms with Gasteiger partial charge in [-0.1, -0.05) is 5.16 Å². The van der Waals surface area contributed by atoms with Crippen LogP contribution in [-0.2, 0) is 14.2 Å². The molecule has 1 aliphatic carbocycles. The van der Waals surface area contributed by atoms with E-state index in [4.69, 9.17) is 19.4 Å². The summed E-state index contributed by atoms with van der Waals surface area (Å²) in [6.45, 7) is 1.55. The number of aliphatic hydroxyl groups excluding tert-OH is 1. The SMILES string of the molecule is COCCOCC(O)COC1CCC(=NO)CC1. The predicted molar refractivity (Wildman–Crippen MR) is 66.1 cm³/mol. The lowest BCUT2D eigenvalue weighted by atomic mass is 9.96. The monoisotopic (exact) mass is 261 g/mol. The van der Waals surface area contributed by atoms with Crippen molar-refractivity contribution in [1.29, 1.82) is 0 Å². The fraction of sp³-hybridized carbons (Fsp3) is 0.917. The zero-order chi connectivity index (χ0) is 13.2. The van der Waals surface area contributed by atoms with Gasteiger partial charge in [-0.05, 0) is 25.7 Å². The minimum atomic E-state index is -0.602. The van der Waals surface area contributed by atoms with Crippen molar-refractivity contribution in [3.63, 3.8) is 0 Å². The Bertz CT molecular complexity index is 237. The summed E-state index contributed by atoms with van der Waals surface area (Å²) in [4.78, 5) is 0. The van der Waals surface area contributed by atoms with Gasteiger partial charge in [-0.25, -0.2) is 0 Å². The van der Waals surface area contributed by atoms with Gasteiger partial charge in [0.1, 0.15) is 6.10 Å². The van der Waals surface area contributed by atoms with E-state index in [1.165, 1.54) is 0 Å². The lowest BCUT2D eigenvalue weighted by molar-refractivity contribution is -0.0537. The predicted octanol–water partition coefficient (Wildman–Crippen LogP) is 0.800. The third kappa shape index (κ3) is 6.30. The Labute approximate surface area is 108 Å². The van der Waals surface area contributed by atoms with Crippen LogP contribution < -0.4 is 0 Å². The molecule has 0 aromatic heterocycles. The van der Waals surface area contributed by atoms with Crippen LogP contribution >= 0.6 is 0 Å². The molecule has 1 aliphatic rings. The van der Waals surface area contributed by atoms with Crippen molar-refractivity contribution in [2.24, 2.45) is 5.16 Å². The van der Waals surface area contributed by atoms with Gasteiger partial charge >= 0.3 is 0 Å². The largest absolute Gasteiger partial charge is 0.411 e. The number of methoxy groups -OCH3 is 1. The smallest absolute Gasteiger partial charge is 0.101 e. The number of hydrogen-bond acceptors (Lipinski definition) is 6. The van der Waals surface area contributed by atoms with E-state index >= 15 is 0 Å². The molecule has 1 fully saturated rings. The van der Waals surface area contributed by atoms with Gasteiger partial charge in [0.2, 0.25) is 0 Å². The molecule has 106 valence electrons. The van der Waals surface area contributed by atoms with E-state index in [0.29, 0.717) is 13.2 Å². The molecule has 1 atom stereocenters. The molecule has 2 N–H and O–H groups in total. The van der Waals surface area contributed by atoms with Crippen molar-refractivity contribution < 1.29 is 24.5 Å². The minimum Gasteiger partial charge on any atom is -0.411 e. The van der Waals surface area contributed by atoms with Crippen molar-refractivity contribution in [2.75, 3.05) is 33.5 Å². The molecule has 0 heterocycles. The first-order chi connectivity index (χ1) is 8.76. The molecular weight excluding hydrogens is 238 g/mol. The summed E-state index contributed by atoms with van der Waals surface area (Å²) >= 11 is 0. The Morgan fingerprint density at radius 1 is 1.28 bits per heavy atom. The maximum Gasteiger partial charge on any atom is 0.101 e. The number of nitrogens with zero attached hydrogens (tertiary/aromatic N) is 1. The van der Waals surface area contributed by atoms with Crippen molar-refractivity contribution in [1.82, 2.24) is 0 Å². The van der Waals surface area contributed by atoms with Crippen LogP contribution in [0.15, 0.2) is 5.16 Å². The van der Waals surface area contributed by atoms with E-state index in [2.05, 4.69) is 5.16 Å². The van der Waals surface area contributed by atoms with Gasteiger partial charge in [-0.15, -0.1) is 0 Å². The molecule has 0 bridgehead atoms. The third-order valence-corrected chi connectivity index (χ3v) is 2.92. The van der Waals surface area contributed by atoms with Gasteiger partial charge in [0, 0.05) is 7.11 Å². The zero-order valence-electron chi connectivity index (χ0n) is 10.9. The molecule has 0 saturated heterocycles. The third-order valence-electron chi connectivity index (χ3n) is 2.92. The van der Waals surface area contributed by atoms with E-state index in [1.807, 2.05) is 0 Å². The first kappa shape index (κ1) is 15.4. The fourth-order valence-corrected chi connectivity index (χ4v) is 1.85. The summed E-state index contributed by atoms with van der Waals surface area (Å²) in [6.07, 6.45) is 2.76. The van der Waals surface area contributed by atoms with Gasteiger partial charge in [0.05, 0.1) is 38.2 Å². The summed E-state index contributed by atoms with van der Waals surface area (Å²) in [5, 5.41) is 21.5. The number of aliphatic hydroxyl groups is 1. The first-order valence-corrected chi connectivity index (χ1v) is 6.32. The summed E-state index contributed by atoms with van der Waals surface area (Å²) < 4.78 is 15.6. The number of hydrogen-bond donors (Lipinski definition) is 2. The molecule has 6 nitrogen and oxygen atoms in total. The highest BCUT2D eigenvalue weighted by Gasteiger charge is 2.19. The lowest BCUT2D eigenvalue weighted by Gasteiger charge is -2.24. The summed E-state index contributed by atoms with van der Waals surface area (Å²) in [5.41, 5.74) is 0.832. The molecule has 1 saturated carbocycles. The van der Waals surface area contributed by atoms with Gasteiger partial charge in [0.15, 0.2) is 0 Å². The average Bonchev–Trinajstić information content (AvgIpc) is 2.42. The standard InChI is InChI=1S/C12H23NO5/c1-16-6-7-17-8-11(14)9-18-12-4-2-10(13-15)3-5-12/h11-12,14-15H,2-9H2,1H3. The average molecular weight is 261 g/mol. The molecule has 0 spiro atoms. The minimum absolute atomic E-state index is 0.143. The van der Waals surface area contributed by atoms with Crippen LogP contribution in [0.5, 0.6) is 0 Å². The topological polar surface area (TPSA) is 80.5 Å². The summed E-state index contributed by atoms with van der Waals surface area (Å²) in [5.74, 6) is 0. The Kier molecular flexibility index (Phi) is 7.91. The number of rotatable bonds is 8. The highest BCUT2D eigenvalue weighted by molar-refractivity contribution is 5.84. The van der Waals surface area contributed by atoms with Crippen LogP contribution in [0.2, 0.25) is 0 Å². The van der Waals surface area contributed by atoms with E-state index < -0.39 is 6.10 Å². The highest BCUT2D eigenvalue weighted by Crippen LogP contribution is 2.19. The van der Waals surface area contributed by atoms with Gasteiger partial charge in [-0.3, -0.25) is 0 Å². The van der Waals surface area contributed by atoms with Crippen LogP contribution in [0, 0.1) is 0 Å². The highest BCUT2D eigenvalue weighted by atomic mass is 16.5. The lowest BCUT2D eigenvalue weighted by Crippen LogP contribution is -2.28. The van der Waals surface area contributed by atoms with Crippen LogP contribution in [0.1, 0.15) is 25.7 Å². The van der Waals surface area contributed by atoms with Gasteiger partial charge in [-0.2, -0.15) is 0 Å². The molecule has 0 amide bonds. The quantitative estimate of drug-likeness (QED) is 0.384. The van der Waals surface area contributed by atoms with E-state index in [9.17, 15) is 5.11 Å². The van der Waals surface area contributed by atoms with Crippen molar-refractivity contribution in [2.45, 2.75) is 37.9 Å². The van der Waals surface area contributed by atoms with Crippen molar-refractivity contribution >= 4 is 5.71 Å². The van der Waals surface area contributed by atoms with Crippen molar-refractivity contribution in [3.05, 3.63) is 0 Å². The van der Waals surface area contributed by atoms with Crippen LogP contribution in [0.25, 0.3) is 0 Å². The molecular formula is C12H23NO5.